The minimum atomic E-state index is -3.24. The fourth-order valence-corrected chi connectivity index (χ4v) is 6.18. The summed E-state index contributed by atoms with van der Waals surface area (Å²) in [6.07, 6.45) is 5.04. The Morgan fingerprint density at radius 1 is 1.26 bits per heavy atom. The van der Waals surface area contributed by atoms with Crippen LogP contribution in [0.25, 0.3) is 11.0 Å². The van der Waals surface area contributed by atoms with Crippen LogP contribution in [0.5, 0.6) is 0 Å². The summed E-state index contributed by atoms with van der Waals surface area (Å²) in [5.41, 5.74) is 0.820. The highest BCUT2D eigenvalue weighted by molar-refractivity contribution is 7.89. The van der Waals surface area contributed by atoms with Gasteiger partial charge < -0.3 is 14.6 Å². The molecule has 27 heavy (non-hydrogen) atoms. The summed E-state index contributed by atoms with van der Waals surface area (Å²) in [4.78, 5) is 13.9. The maximum absolute atomic E-state index is 12.8. The summed E-state index contributed by atoms with van der Waals surface area (Å²) in [6, 6.07) is 2.28. The first kappa shape index (κ1) is 18.6. The molecule has 0 amide bonds. The molecule has 4 rings (SSSR count). The standard InChI is InChI=1S/C18H27N5O3S/c1-12-8-23(9-13(2)26-12)27(24,25)10-14-6-15(7-14)22(3)18-16-4-5-19-17(16)20-11-21-18/h4-5,11-15H,6-10H2,1-3H3,(H,19,20,21)/t12-,13+,14-,15+. The second kappa shape index (κ2) is 7.03. The van der Waals surface area contributed by atoms with Crippen molar-refractivity contribution < 1.29 is 13.2 Å². The summed E-state index contributed by atoms with van der Waals surface area (Å²) < 4.78 is 32.9. The van der Waals surface area contributed by atoms with Gasteiger partial charge in [0, 0.05) is 32.4 Å². The Morgan fingerprint density at radius 3 is 2.67 bits per heavy atom. The summed E-state index contributed by atoms with van der Waals surface area (Å²) in [7, 11) is -1.22. The summed E-state index contributed by atoms with van der Waals surface area (Å²) in [5, 5.41) is 0.993. The number of fused-ring (bicyclic) bond motifs is 1. The quantitative estimate of drug-likeness (QED) is 0.830. The van der Waals surface area contributed by atoms with Gasteiger partial charge in [-0.15, -0.1) is 0 Å². The number of anilines is 1. The van der Waals surface area contributed by atoms with E-state index >= 15 is 0 Å². The molecular weight excluding hydrogens is 366 g/mol. The molecule has 1 saturated heterocycles. The molecule has 1 aliphatic carbocycles. The van der Waals surface area contributed by atoms with Crippen molar-refractivity contribution in [3.63, 3.8) is 0 Å². The van der Waals surface area contributed by atoms with E-state index in [1.165, 1.54) is 0 Å². The predicted octanol–water partition coefficient (Wildman–Crippen LogP) is 1.61. The minimum absolute atomic E-state index is 0.0506. The molecule has 3 heterocycles. The van der Waals surface area contributed by atoms with Gasteiger partial charge in [-0.05, 0) is 38.7 Å². The highest BCUT2D eigenvalue weighted by Gasteiger charge is 2.39. The molecule has 2 atom stereocenters. The number of nitrogens with one attached hydrogen (secondary N) is 1. The molecular formula is C18H27N5O3S. The Bertz CT molecular complexity index is 899. The lowest BCUT2D eigenvalue weighted by molar-refractivity contribution is -0.0442. The number of aromatic amines is 1. The van der Waals surface area contributed by atoms with Gasteiger partial charge in [0.15, 0.2) is 0 Å². The number of nitrogens with zero attached hydrogens (tertiary/aromatic N) is 4. The number of aromatic nitrogens is 3. The third-order valence-corrected chi connectivity index (χ3v) is 7.63. The maximum atomic E-state index is 12.8. The van der Waals surface area contributed by atoms with E-state index < -0.39 is 10.0 Å². The zero-order valence-corrected chi connectivity index (χ0v) is 16.8. The first-order valence-electron chi connectivity index (χ1n) is 9.47. The zero-order chi connectivity index (χ0) is 19.2. The van der Waals surface area contributed by atoms with Crippen molar-refractivity contribution in [3.05, 3.63) is 18.6 Å². The third-order valence-electron chi connectivity index (χ3n) is 5.65. The Morgan fingerprint density at radius 2 is 1.96 bits per heavy atom. The van der Waals surface area contributed by atoms with Gasteiger partial charge in [-0.3, -0.25) is 0 Å². The predicted molar refractivity (Wildman–Crippen MR) is 104 cm³/mol. The lowest BCUT2D eigenvalue weighted by Crippen LogP contribution is -2.51. The van der Waals surface area contributed by atoms with Crippen LogP contribution in [-0.4, -0.2) is 71.8 Å². The number of H-pyrrole nitrogens is 1. The van der Waals surface area contributed by atoms with E-state index in [9.17, 15) is 8.42 Å². The van der Waals surface area contributed by atoms with Gasteiger partial charge in [-0.2, -0.15) is 4.31 Å². The average Bonchev–Trinajstić information content (AvgIpc) is 3.05. The van der Waals surface area contributed by atoms with Crippen LogP contribution in [0.3, 0.4) is 0 Å². The fourth-order valence-electron chi connectivity index (χ4n) is 4.23. The van der Waals surface area contributed by atoms with Crippen LogP contribution in [0, 0.1) is 5.92 Å². The number of ether oxygens (including phenoxy) is 1. The van der Waals surface area contributed by atoms with Gasteiger partial charge in [0.2, 0.25) is 10.0 Å². The van der Waals surface area contributed by atoms with Crippen molar-refractivity contribution in [3.8, 4) is 0 Å². The summed E-state index contributed by atoms with van der Waals surface area (Å²) >= 11 is 0. The van der Waals surface area contributed by atoms with E-state index in [0.717, 1.165) is 29.7 Å². The molecule has 0 unspecified atom stereocenters. The van der Waals surface area contributed by atoms with Crippen molar-refractivity contribution in [2.24, 2.45) is 5.92 Å². The van der Waals surface area contributed by atoms with Crippen LogP contribution < -0.4 is 4.90 Å². The first-order chi connectivity index (χ1) is 12.8. The number of hydrogen-bond donors (Lipinski definition) is 1. The molecule has 2 aromatic rings. The molecule has 1 aliphatic heterocycles. The molecule has 148 valence electrons. The second-order valence-electron chi connectivity index (χ2n) is 7.89. The van der Waals surface area contributed by atoms with Gasteiger partial charge in [-0.1, -0.05) is 0 Å². The maximum Gasteiger partial charge on any atom is 0.214 e. The van der Waals surface area contributed by atoms with E-state index in [1.54, 1.807) is 10.6 Å². The third kappa shape index (κ3) is 3.68. The number of hydrogen-bond acceptors (Lipinski definition) is 6. The zero-order valence-electron chi connectivity index (χ0n) is 16.0. The highest BCUT2D eigenvalue weighted by atomic mass is 32.2. The Hall–Kier alpha value is -1.71. The van der Waals surface area contributed by atoms with E-state index in [4.69, 9.17) is 4.74 Å². The minimum Gasteiger partial charge on any atom is -0.373 e. The van der Waals surface area contributed by atoms with Crippen molar-refractivity contribution in [2.75, 3.05) is 30.8 Å². The Kier molecular flexibility index (Phi) is 4.85. The van der Waals surface area contributed by atoms with Crippen LogP contribution in [0.4, 0.5) is 5.82 Å². The average molecular weight is 394 g/mol. The van der Waals surface area contributed by atoms with E-state index in [0.29, 0.717) is 19.1 Å². The molecule has 9 heteroatoms. The normalized spacial score (nSPS) is 29.6. The lowest BCUT2D eigenvalue weighted by atomic mass is 9.81. The lowest BCUT2D eigenvalue weighted by Gasteiger charge is -2.43. The van der Waals surface area contributed by atoms with Gasteiger partial charge in [-0.25, -0.2) is 18.4 Å². The van der Waals surface area contributed by atoms with Crippen molar-refractivity contribution in [2.45, 2.75) is 44.9 Å². The number of rotatable bonds is 5. The molecule has 2 aliphatic rings. The molecule has 2 aromatic heterocycles. The van der Waals surface area contributed by atoms with Crippen molar-refractivity contribution in [1.82, 2.24) is 19.3 Å². The van der Waals surface area contributed by atoms with Crippen LogP contribution in [0.2, 0.25) is 0 Å². The largest absolute Gasteiger partial charge is 0.373 e. The fraction of sp³-hybridized carbons (Fsp3) is 0.667. The molecule has 2 fully saturated rings. The molecule has 0 radical (unpaired) electrons. The second-order valence-corrected chi connectivity index (χ2v) is 9.91. The molecule has 1 saturated carbocycles. The van der Waals surface area contributed by atoms with Crippen LogP contribution in [0.15, 0.2) is 18.6 Å². The molecule has 0 aromatic carbocycles. The first-order valence-corrected chi connectivity index (χ1v) is 11.1. The van der Waals surface area contributed by atoms with Gasteiger partial charge in [0.1, 0.15) is 17.8 Å². The Labute approximate surface area is 160 Å². The monoisotopic (exact) mass is 393 g/mol. The van der Waals surface area contributed by atoms with Gasteiger partial charge in [0.05, 0.1) is 23.3 Å². The Balaban J connectivity index is 1.37. The SMILES string of the molecule is C[C@@H]1CN(S(=O)(=O)C[C@H]2C[C@@H](N(C)c3ncnc4[nH]ccc34)C2)C[C@H](C)O1. The van der Waals surface area contributed by atoms with Crippen LogP contribution >= 0.6 is 0 Å². The molecule has 8 nitrogen and oxygen atoms in total. The summed E-state index contributed by atoms with van der Waals surface area (Å²) in [5.74, 6) is 1.31. The van der Waals surface area contributed by atoms with E-state index in [2.05, 4.69) is 19.9 Å². The molecule has 1 N–H and O–H groups in total. The smallest absolute Gasteiger partial charge is 0.214 e. The van der Waals surface area contributed by atoms with Crippen LogP contribution in [-0.2, 0) is 14.8 Å². The van der Waals surface area contributed by atoms with Gasteiger partial charge >= 0.3 is 0 Å². The summed E-state index contributed by atoms with van der Waals surface area (Å²) in [6.45, 7) is 4.76. The van der Waals surface area contributed by atoms with E-state index in [-0.39, 0.29) is 23.9 Å². The van der Waals surface area contributed by atoms with Crippen LogP contribution in [0.1, 0.15) is 26.7 Å². The topological polar surface area (TPSA) is 91.4 Å². The molecule has 0 bridgehead atoms. The van der Waals surface area contributed by atoms with Gasteiger partial charge in [0.25, 0.3) is 0 Å². The van der Waals surface area contributed by atoms with E-state index in [1.807, 2.05) is 33.2 Å². The van der Waals surface area contributed by atoms with Crippen molar-refractivity contribution in [1.29, 1.82) is 0 Å². The highest BCUT2D eigenvalue weighted by Crippen LogP contribution is 2.36. The van der Waals surface area contributed by atoms with Crippen molar-refractivity contribution >= 4 is 26.9 Å². The molecule has 0 spiro atoms. The number of morpholine rings is 1. The number of sulfonamides is 1.